The number of hydrogen-bond donors (Lipinski definition) is 3. The van der Waals surface area contributed by atoms with Crippen LogP contribution in [0.2, 0.25) is 0 Å². The van der Waals surface area contributed by atoms with Crippen molar-refractivity contribution in [1.82, 2.24) is 16.0 Å². The first-order valence-electron chi connectivity index (χ1n) is 6.58. The van der Waals surface area contributed by atoms with Crippen molar-refractivity contribution in [2.24, 2.45) is 0 Å². The second-order valence-corrected chi connectivity index (χ2v) is 4.34. The first kappa shape index (κ1) is 15.9. The van der Waals surface area contributed by atoms with Crippen LogP contribution in [-0.2, 0) is 11.2 Å². The Morgan fingerprint density at radius 1 is 1.10 bits per heavy atom. The van der Waals surface area contributed by atoms with E-state index in [-0.39, 0.29) is 17.8 Å². The normalized spacial score (nSPS) is 9.90. The van der Waals surface area contributed by atoms with E-state index in [0.29, 0.717) is 32.4 Å². The maximum absolute atomic E-state index is 12.7. The molecule has 0 radical (unpaired) electrons. The van der Waals surface area contributed by atoms with Crippen LogP contribution < -0.4 is 16.0 Å². The Morgan fingerprint density at radius 3 is 2.40 bits per heavy atom. The van der Waals surface area contributed by atoms with Gasteiger partial charge in [0.1, 0.15) is 5.82 Å². The van der Waals surface area contributed by atoms with Crippen molar-refractivity contribution in [1.29, 1.82) is 0 Å². The van der Waals surface area contributed by atoms with E-state index in [4.69, 9.17) is 0 Å². The average Bonchev–Trinajstić information content (AvgIpc) is 2.45. The van der Waals surface area contributed by atoms with Gasteiger partial charge in [0.2, 0.25) is 5.91 Å². The second-order valence-electron chi connectivity index (χ2n) is 4.34. The van der Waals surface area contributed by atoms with Gasteiger partial charge in [0, 0.05) is 26.6 Å². The van der Waals surface area contributed by atoms with E-state index in [1.807, 2.05) is 0 Å². The first-order chi connectivity index (χ1) is 9.61. The molecule has 20 heavy (non-hydrogen) atoms. The monoisotopic (exact) mass is 281 g/mol. The van der Waals surface area contributed by atoms with E-state index in [0.717, 1.165) is 5.56 Å². The maximum Gasteiger partial charge on any atom is 0.314 e. The van der Waals surface area contributed by atoms with Crippen molar-refractivity contribution in [3.63, 3.8) is 0 Å². The van der Waals surface area contributed by atoms with Crippen LogP contribution >= 0.6 is 0 Å². The fourth-order valence-electron chi connectivity index (χ4n) is 1.61. The summed E-state index contributed by atoms with van der Waals surface area (Å²) in [6.07, 6.45) is 1.64. The van der Waals surface area contributed by atoms with Gasteiger partial charge >= 0.3 is 6.03 Å². The van der Waals surface area contributed by atoms with Crippen LogP contribution in [0.25, 0.3) is 0 Å². The minimum atomic E-state index is -0.268. The zero-order chi connectivity index (χ0) is 14.8. The van der Waals surface area contributed by atoms with Crippen LogP contribution in [0.4, 0.5) is 9.18 Å². The highest BCUT2D eigenvalue weighted by Crippen LogP contribution is 2.02. The van der Waals surface area contributed by atoms with Gasteiger partial charge in [-0.25, -0.2) is 9.18 Å². The molecule has 0 unspecified atom stereocenters. The molecule has 0 saturated heterocycles. The minimum Gasteiger partial charge on any atom is -0.359 e. The number of rotatable bonds is 7. The minimum absolute atomic E-state index is 0.0384. The number of hydrogen-bond acceptors (Lipinski definition) is 2. The van der Waals surface area contributed by atoms with E-state index in [1.54, 1.807) is 19.2 Å². The van der Waals surface area contributed by atoms with Gasteiger partial charge in [-0.2, -0.15) is 0 Å². The Hall–Kier alpha value is -2.11. The van der Waals surface area contributed by atoms with Crippen molar-refractivity contribution in [3.8, 4) is 0 Å². The molecule has 1 aromatic rings. The van der Waals surface area contributed by atoms with Gasteiger partial charge < -0.3 is 16.0 Å². The first-order valence-corrected chi connectivity index (χ1v) is 6.58. The standard InChI is InChI=1S/C14H20FN3O2/c1-16-13(19)3-2-9-17-14(20)18-10-8-11-4-6-12(15)7-5-11/h4-7H,2-3,8-10H2,1H3,(H,16,19)(H2,17,18,20). The van der Waals surface area contributed by atoms with E-state index in [9.17, 15) is 14.0 Å². The molecule has 1 rings (SSSR count). The summed E-state index contributed by atoms with van der Waals surface area (Å²) < 4.78 is 12.7. The molecule has 0 aliphatic carbocycles. The zero-order valence-electron chi connectivity index (χ0n) is 11.5. The van der Waals surface area contributed by atoms with Crippen LogP contribution in [0.3, 0.4) is 0 Å². The Labute approximate surface area is 117 Å². The number of nitrogens with one attached hydrogen (secondary N) is 3. The van der Waals surface area contributed by atoms with E-state index in [2.05, 4.69) is 16.0 Å². The number of carbonyl (C=O) groups excluding carboxylic acids is 2. The van der Waals surface area contributed by atoms with Crippen LogP contribution in [-0.4, -0.2) is 32.1 Å². The van der Waals surface area contributed by atoms with Crippen LogP contribution in [0, 0.1) is 5.82 Å². The highest BCUT2D eigenvalue weighted by molar-refractivity contribution is 5.76. The molecule has 0 spiro atoms. The highest BCUT2D eigenvalue weighted by atomic mass is 19.1. The quantitative estimate of drug-likeness (QED) is 0.657. The van der Waals surface area contributed by atoms with E-state index >= 15 is 0 Å². The SMILES string of the molecule is CNC(=O)CCCNC(=O)NCCc1ccc(F)cc1. The van der Waals surface area contributed by atoms with Crippen LogP contribution in [0.15, 0.2) is 24.3 Å². The molecule has 6 heteroatoms. The van der Waals surface area contributed by atoms with Crippen molar-refractivity contribution in [2.75, 3.05) is 20.1 Å². The molecule has 3 amide bonds. The molecule has 0 atom stereocenters. The fourth-order valence-corrected chi connectivity index (χ4v) is 1.61. The van der Waals surface area contributed by atoms with E-state index < -0.39 is 0 Å². The lowest BCUT2D eigenvalue weighted by atomic mass is 10.1. The van der Waals surface area contributed by atoms with Gasteiger partial charge in [0.15, 0.2) is 0 Å². The van der Waals surface area contributed by atoms with Gasteiger partial charge in [-0.1, -0.05) is 12.1 Å². The molecule has 0 saturated carbocycles. The number of halogens is 1. The third kappa shape index (κ3) is 6.72. The molecule has 0 fully saturated rings. The van der Waals surface area contributed by atoms with Gasteiger partial charge in [0.25, 0.3) is 0 Å². The molecule has 3 N–H and O–H groups in total. The van der Waals surface area contributed by atoms with Gasteiger partial charge in [-0.05, 0) is 30.5 Å². The van der Waals surface area contributed by atoms with Gasteiger partial charge in [-0.15, -0.1) is 0 Å². The summed E-state index contributed by atoms with van der Waals surface area (Å²) in [6, 6.07) is 5.92. The molecular formula is C14H20FN3O2. The summed E-state index contributed by atoms with van der Waals surface area (Å²) in [5.74, 6) is -0.306. The molecule has 0 aliphatic heterocycles. The van der Waals surface area contributed by atoms with Crippen molar-refractivity contribution >= 4 is 11.9 Å². The summed E-state index contributed by atoms with van der Waals surface area (Å²) in [5, 5.41) is 7.89. The number of benzene rings is 1. The molecule has 0 bridgehead atoms. The lowest BCUT2D eigenvalue weighted by Crippen LogP contribution is -2.37. The van der Waals surface area contributed by atoms with Crippen LogP contribution in [0.1, 0.15) is 18.4 Å². The Kier molecular flexibility index (Phi) is 7.10. The van der Waals surface area contributed by atoms with Crippen molar-refractivity contribution < 1.29 is 14.0 Å². The highest BCUT2D eigenvalue weighted by Gasteiger charge is 2.01. The van der Waals surface area contributed by atoms with Gasteiger partial charge in [-0.3, -0.25) is 4.79 Å². The summed E-state index contributed by atoms with van der Waals surface area (Å²) >= 11 is 0. The Bertz CT molecular complexity index is 435. The number of urea groups is 1. The lowest BCUT2D eigenvalue weighted by molar-refractivity contribution is -0.120. The largest absolute Gasteiger partial charge is 0.359 e. The Morgan fingerprint density at radius 2 is 1.75 bits per heavy atom. The molecule has 0 aromatic heterocycles. The van der Waals surface area contributed by atoms with Crippen molar-refractivity contribution in [3.05, 3.63) is 35.6 Å². The molecule has 110 valence electrons. The molecule has 0 aliphatic rings. The predicted molar refractivity (Wildman–Crippen MR) is 74.8 cm³/mol. The predicted octanol–water partition coefficient (Wildman–Crippen LogP) is 1.19. The number of carbonyl (C=O) groups is 2. The second kappa shape index (κ2) is 8.90. The summed E-state index contributed by atoms with van der Waals surface area (Å²) in [6.45, 7) is 0.933. The Balaban J connectivity index is 2.08. The fraction of sp³-hybridized carbons (Fsp3) is 0.429. The summed E-state index contributed by atoms with van der Waals surface area (Å²) in [4.78, 5) is 22.4. The topological polar surface area (TPSA) is 70.2 Å². The summed E-state index contributed by atoms with van der Waals surface area (Å²) in [5.41, 5.74) is 0.964. The molecule has 5 nitrogen and oxygen atoms in total. The van der Waals surface area contributed by atoms with E-state index in [1.165, 1.54) is 12.1 Å². The van der Waals surface area contributed by atoms with Crippen molar-refractivity contribution in [2.45, 2.75) is 19.3 Å². The molecular weight excluding hydrogens is 261 g/mol. The maximum atomic E-state index is 12.7. The molecule has 0 heterocycles. The third-order valence-electron chi connectivity index (χ3n) is 2.76. The summed E-state index contributed by atoms with van der Waals surface area (Å²) in [7, 11) is 1.58. The number of amides is 3. The average molecular weight is 281 g/mol. The zero-order valence-corrected chi connectivity index (χ0v) is 11.5. The molecule has 1 aromatic carbocycles. The smallest absolute Gasteiger partial charge is 0.314 e. The lowest BCUT2D eigenvalue weighted by Gasteiger charge is -2.07. The van der Waals surface area contributed by atoms with Gasteiger partial charge in [0.05, 0.1) is 0 Å². The van der Waals surface area contributed by atoms with Crippen LogP contribution in [0.5, 0.6) is 0 Å². The third-order valence-corrected chi connectivity index (χ3v) is 2.76.